The van der Waals surface area contributed by atoms with Crippen molar-refractivity contribution < 1.29 is 41.0 Å². The number of rotatable bonds is 15. The van der Waals surface area contributed by atoms with Crippen LogP contribution in [0.4, 0.5) is 11.4 Å². The largest absolute Gasteiger partial charge is 0.465 e. The molecule has 2 unspecified atom stereocenters. The van der Waals surface area contributed by atoms with Crippen LogP contribution >= 0.6 is 11.6 Å². The van der Waals surface area contributed by atoms with Gasteiger partial charge in [-0.1, -0.05) is 41.9 Å². The summed E-state index contributed by atoms with van der Waals surface area (Å²) in [4.78, 5) is 40.1. The van der Waals surface area contributed by atoms with Gasteiger partial charge in [0.15, 0.2) is 0 Å². The summed E-state index contributed by atoms with van der Waals surface area (Å²) >= 11 is 3.62. The van der Waals surface area contributed by atoms with Crippen molar-refractivity contribution in [3.8, 4) is 0 Å². The summed E-state index contributed by atoms with van der Waals surface area (Å²) in [7, 11) is -4.38. The first-order valence-electron chi connectivity index (χ1n) is 14.2. The number of carbonyl (C=O) groups excluding carboxylic acids is 3. The first-order valence-corrected chi connectivity index (χ1v) is 17.2. The summed E-state index contributed by atoms with van der Waals surface area (Å²) < 4.78 is 62.1. The zero-order valence-corrected chi connectivity index (χ0v) is 27.4. The van der Waals surface area contributed by atoms with E-state index in [1.165, 1.54) is 4.90 Å². The van der Waals surface area contributed by atoms with Gasteiger partial charge in [-0.05, 0) is 57.7 Å². The van der Waals surface area contributed by atoms with E-state index in [-0.39, 0.29) is 42.6 Å². The number of benzene rings is 2. The first-order chi connectivity index (χ1) is 21.3. The number of nitrogens with one attached hydrogen (secondary N) is 3. The molecule has 17 heteroatoms. The van der Waals surface area contributed by atoms with Gasteiger partial charge < -0.3 is 20.1 Å². The van der Waals surface area contributed by atoms with E-state index in [4.69, 9.17) is 31.4 Å². The Bertz CT molecular complexity index is 1500. The minimum Gasteiger partial charge on any atom is -0.465 e. The van der Waals surface area contributed by atoms with Crippen molar-refractivity contribution in [3.63, 3.8) is 0 Å². The van der Waals surface area contributed by atoms with E-state index in [0.717, 1.165) is 17.7 Å². The minimum atomic E-state index is -4.38. The molecule has 3 rings (SSSR count). The predicted molar refractivity (Wildman–Crippen MR) is 169 cm³/mol. The number of sulfonamides is 1. The fourth-order valence-electron chi connectivity index (χ4n) is 4.96. The zero-order chi connectivity index (χ0) is 33.3. The van der Waals surface area contributed by atoms with Crippen molar-refractivity contribution in [2.24, 2.45) is 0 Å². The lowest BCUT2D eigenvalue weighted by Gasteiger charge is -2.28. The third kappa shape index (κ3) is 9.85. The van der Waals surface area contributed by atoms with Gasteiger partial charge in [-0.3, -0.25) is 24.2 Å². The quantitative estimate of drug-likeness (QED) is 0.104. The Labute approximate surface area is 269 Å². The summed E-state index contributed by atoms with van der Waals surface area (Å²) in [5, 5.41) is 2.78. The van der Waals surface area contributed by atoms with Crippen LogP contribution < -0.4 is 20.5 Å². The number of esters is 2. The van der Waals surface area contributed by atoms with E-state index in [9.17, 15) is 27.0 Å². The molecule has 1 fully saturated rings. The van der Waals surface area contributed by atoms with E-state index in [1.807, 2.05) is 30.3 Å². The van der Waals surface area contributed by atoms with Crippen molar-refractivity contribution in [2.45, 2.75) is 69.1 Å². The molecule has 1 saturated heterocycles. The number of aryl methyl sites for hydroxylation is 1. The van der Waals surface area contributed by atoms with Crippen LogP contribution in [0.3, 0.4) is 0 Å². The number of carbonyl (C=O) groups is 3. The van der Waals surface area contributed by atoms with Crippen LogP contribution in [0.1, 0.15) is 39.2 Å². The molecule has 1 heterocycles. The standard InChI is InChI=1S/C28H38ClN5O9S2/c1-4-42-27(36)22(12-11-18-9-7-6-8-10-18)31-17(3)26(35)34-16-19(13-24(34)28(37)43-5-2)33-45(40,41)25-15-23(32-44(38)39)21(30)14-20(25)29/h6-10,14-15,17,19,22,24,31-33H,4-5,11-13,16,30H2,1-3H3,(H,38,39)/t17-,19-,22-,24?/m0/s1. The lowest BCUT2D eigenvalue weighted by molar-refractivity contribution is -0.154. The van der Waals surface area contributed by atoms with Gasteiger partial charge >= 0.3 is 11.9 Å². The van der Waals surface area contributed by atoms with Crippen molar-refractivity contribution in [2.75, 3.05) is 30.2 Å². The molecule has 2 aromatic rings. The van der Waals surface area contributed by atoms with E-state index in [0.29, 0.717) is 12.8 Å². The molecule has 45 heavy (non-hydrogen) atoms. The molecule has 1 aliphatic rings. The van der Waals surface area contributed by atoms with Gasteiger partial charge in [-0.2, -0.15) is 0 Å². The van der Waals surface area contributed by atoms with Gasteiger partial charge in [0, 0.05) is 12.6 Å². The lowest BCUT2D eigenvalue weighted by Crippen LogP contribution is -2.53. The van der Waals surface area contributed by atoms with Gasteiger partial charge in [0.1, 0.15) is 17.0 Å². The first kappa shape index (κ1) is 36.2. The average Bonchev–Trinajstić information content (AvgIpc) is 3.39. The number of nitrogens with zero attached hydrogens (tertiary/aromatic N) is 1. The Hall–Kier alpha value is -3.28. The van der Waals surface area contributed by atoms with Crippen LogP contribution in [0.5, 0.6) is 0 Å². The molecule has 0 radical (unpaired) electrons. The van der Waals surface area contributed by atoms with Gasteiger partial charge in [0.05, 0.1) is 35.7 Å². The number of nitrogens with two attached hydrogens (primary N) is 1. The summed E-state index contributed by atoms with van der Waals surface area (Å²) in [5.41, 5.74) is 6.58. The van der Waals surface area contributed by atoms with Crippen molar-refractivity contribution in [3.05, 3.63) is 53.1 Å². The average molecular weight is 688 g/mol. The second-order valence-corrected chi connectivity index (χ2v) is 13.0. The molecule has 5 atom stereocenters. The fraction of sp³-hybridized carbons (Fsp3) is 0.464. The highest BCUT2D eigenvalue weighted by molar-refractivity contribution is 7.89. The number of hydrogen-bond acceptors (Lipinski definition) is 10. The molecule has 0 bridgehead atoms. The van der Waals surface area contributed by atoms with E-state index < -0.39 is 68.2 Å². The molecule has 0 spiro atoms. The third-order valence-corrected chi connectivity index (χ3v) is 9.39. The van der Waals surface area contributed by atoms with Crippen LogP contribution in [0, 0.1) is 0 Å². The maximum absolute atomic E-state index is 13.7. The topological polar surface area (TPSA) is 206 Å². The number of ether oxygens (including phenoxy) is 2. The highest BCUT2D eigenvalue weighted by Gasteiger charge is 2.43. The third-order valence-electron chi connectivity index (χ3n) is 7.01. The smallest absolute Gasteiger partial charge is 0.328 e. The van der Waals surface area contributed by atoms with Crippen LogP contribution in [-0.2, 0) is 51.6 Å². The predicted octanol–water partition coefficient (Wildman–Crippen LogP) is 1.82. The maximum atomic E-state index is 13.7. The fourth-order valence-corrected chi connectivity index (χ4v) is 7.12. The Kier molecular flexibility index (Phi) is 13.1. The Morgan fingerprint density at radius 3 is 2.44 bits per heavy atom. The molecule has 6 N–H and O–H groups in total. The van der Waals surface area contributed by atoms with E-state index in [2.05, 4.69) is 14.8 Å². The van der Waals surface area contributed by atoms with E-state index >= 15 is 0 Å². The van der Waals surface area contributed by atoms with Crippen molar-refractivity contribution >= 4 is 62.1 Å². The zero-order valence-electron chi connectivity index (χ0n) is 25.0. The maximum Gasteiger partial charge on any atom is 0.328 e. The number of likely N-dealkylation sites (tertiary alicyclic amines) is 1. The molecule has 0 aliphatic carbocycles. The SMILES string of the molecule is CCOC(=O)C1C[C@H](NS(=O)(=O)c2cc(NS(=O)O)c(N)cc2Cl)CN1C(=O)[C@H](C)N[C@@H](CCc1ccccc1)C(=O)OCC. The summed E-state index contributed by atoms with van der Waals surface area (Å²) in [6.45, 7) is 4.82. The molecule has 1 amide bonds. The Morgan fingerprint density at radius 1 is 1.16 bits per heavy atom. The number of halogens is 1. The lowest BCUT2D eigenvalue weighted by atomic mass is 10.0. The second-order valence-electron chi connectivity index (χ2n) is 10.3. The van der Waals surface area contributed by atoms with Crippen LogP contribution in [0.15, 0.2) is 47.4 Å². The molecule has 0 saturated carbocycles. The minimum absolute atomic E-state index is 0.0367. The van der Waals surface area contributed by atoms with Crippen molar-refractivity contribution in [1.29, 1.82) is 0 Å². The molecule has 14 nitrogen and oxygen atoms in total. The number of amides is 1. The van der Waals surface area contributed by atoms with Gasteiger partial charge in [0.2, 0.25) is 15.9 Å². The normalized spacial score (nSPS) is 18.6. The summed E-state index contributed by atoms with van der Waals surface area (Å²) in [6.07, 6.45) is 0.772. The highest BCUT2D eigenvalue weighted by atomic mass is 35.5. The molecular weight excluding hydrogens is 650 g/mol. The monoisotopic (exact) mass is 687 g/mol. The Morgan fingerprint density at radius 2 is 1.82 bits per heavy atom. The number of nitrogen functional groups attached to an aromatic ring is 1. The van der Waals surface area contributed by atoms with Crippen molar-refractivity contribution in [1.82, 2.24) is 14.9 Å². The molecular formula is C28H38ClN5O9S2. The van der Waals surface area contributed by atoms with Crippen LogP contribution in [0.25, 0.3) is 0 Å². The van der Waals surface area contributed by atoms with E-state index in [1.54, 1.807) is 20.8 Å². The number of anilines is 2. The summed E-state index contributed by atoms with van der Waals surface area (Å²) in [6, 6.07) is 7.79. The summed E-state index contributed by atoms with van der Waals surface area (Å²) in [5.74, 6) is -1.79. The molecule has 248 valence electrons. The Balaban J connectivity index is 1.80. The molecule has 1 aliphatic heterocycles. The van der Waals surface area contributed by atoms with Crippen LogP contribution in [-0.4, -0.2) is 83.9 Å². The van der Waals surface area contributed by atoms with Crippen LogP contribution in [0.2, 0.25) is 5.02 Å². The highest BCUT2D eigenvalue weighted by Crippen LogP contribution is 2.32. The van der Waals surface area contributed by atoms with Gasteiger partial charge in [-0.25, -0.2) is 22.1 Å². The molecule has 2 aromatic carbocycles. The number of hydrogen-bond donors (Lipinski definition) is 5. The van der Waals surface area contributed by atoms with Gasteiger partial charge in [0.25, 0.3) is 11.3 Å². The molecule has 0 aromatic heterocycles. The second kappa shape index (κ2) is 16.3. The van der Waals surface area contributed by atoms with Gasteiger partial charge in [-0.15, -0.1) is 0 Å².